The molecule has 0 bridgehead atoms. The monoisotopic (exact) mass is 288 g/mol. The predicted molar refractivity (Wildman–Crippen MR) is 95.8 cm³/mol. The van der Waals surface area contributed by atoms with Crippen LogP contribution in [0.25, 0.3) is 0 Å². The number of benzene rings is 1. The van der Waals surface area contributed by atoms with E-state index in [1.54, 1.807) is 0 Å². The Morgan fingerprint density at radius 1 is 0.714 bits per heavy atom. The Hall–Kier alpha value is -0.780. The van der Waals surface area contributed by atoms with Gasteiger partial charge in [-0.05, 0) is 17.9 Å². The van der Waals surface area contributed by atoms with E-state index in [0.29, 0.717) is 0 Å². The highest BCUT2D eigenvalue weighted by Gasteiger charge is 2.07. The van der Waals surface area contributed by atoms with Crippen molar-refractivity contribution in [1.82, 2.24) is 0 Å². The zero-order valence-electron chi connectivity index (χ0n) is 14.4. The van der Waals surface area contributed by atoms with Crippen molar-refractivity contribution in [2.45, 2.75) is 90.9 Å². The Morgan fingerprint density at radius 3 is 1.86 bits per heavy atom. The molecule has 1 unspecified atom stereocenters. The molecule has 0 saturated carbocycles. The first-order valence-corrected chi connectivity index (χ1v) is 9.40. The maximum Gasteiger partial charge on any atom is -0.0250 e. The summed E-state index contributed by atoms with van der Waals surface area (Å²) in [5, 5.41) is 0. The molecule has 0 fully saturated rings. The molecule has 0 heterocycles. The van der Waals surface area contributed by atoms with Crippen molar-refractivity contribution < 1.29 is 0 Å². The molecule has 0 radical (unpaired) electrons. The van der Waals surface area contributed by atoms with Crippen molar-refractivity contribution >= 4 is 0 Å². The van der Waals surface area contributed by atoms with E-state index in [4.69, 9.17) is 0 Å². The van der Waals surface area contributed by atoms with E-state index in [1.807, 2.05) is 0 Å². The zero-order chi connectivity index (χ0) is 15.2. The molecule has 0 aliphatic heterocycles. The molecule has 120 valence electrons. The van der Waals surface area contributed by atoms with E-state index in [2.05, 4.69) is 44.2 Å². The van der Waals surface area contributed by atoms with Gasteiger partial charge in [-0.2, -0.15) is 0 Å². The van der Waals surface area contributed by atoms with E-state index < -0.39 is 0 Å². The molecule has 0 heteroatoms. The van der Waals surface area contributed by atoms with Crippen molar-refractivity contribution in [3.8, 4) is 0 Å². The second-order valence-electron chi connectivity index (χ2n) is 6.58. The van der Waals surface area contributed by atoms with Gasteiger partial charge in [-0.1, -0.05) is 115 Å². The molecule has 1 aromatic carbocycles. The first kappa shape index (κ1) is 18.3. The molecule has 0 aromatic heterocycles. The number of hydrogen-bond acceptors (Lipinski definition) is 0. The average Bonchev–Trinajstić information content (AvgIpc) is 2.53. The molecule has 1 atom stereocenters. The van der Waals surface area contributed by atoms with Gasteiger partial charge in [0.15, 0.2) is 0 Å². The van der Waals surface area contributed by atoms with Crippen LogP contribution in [-0.2, 0) is 6.42 Å². The molecule has 0 N–H and O–H groups in total. The van der Waals surface area contributed by atoms with Crippen molar-refractivity contribution in [1.29, 1.82) is 0 Å². The molecule has 1 aromatic rings. The van der Waals surface area contributed by atoms with Gasteiger partial charge < -0.3 is 0 Å². The Morgan fingerprint density at radius 2 is 1.29 bits per heavy atom. The second-order valence-corrected chi connectivity index (χ2v) is 6.58. The Kier molecular flexibility index (Phi) is 11.2. The second kappa shape index (κ2) is 12.9. The van der Waals surface area contributed by atoms with Crippen LogP contribution in [0.4, 0.5) is 0 Å². The van der Waals surface area contributed by atoms with Gasteiger partial charge in [0.25, 0.3) is 0 Å². The van der Waals surface area contributed by atoms with Crippen LogP contribution in [-0.4, -0.2) is 0 Å². The van der Waals surface area contributed by atoms with E-state index in [9.17, 15) is 0 Å². The van der Waals surface area contributed by atoms with Gasteiger partial charge >= 0.3 is 0 Å². The summed E-state index contributed by atoms with van der Waals surface area (Å²) in [5.74, 6) is 0.886. The van der Waals surface area contributed by atoms with Crippen LogP contribution in [0, 0.1) is 5.92 Å². The smallest absolute Gasteiger partial charge is 0.0250 e. The summed E-state index contributed by atoms with van der Waals surface area (Å²) in [6.45, 7) is 4.64. The minimum Gasteiger partial charge on any atom is -0.0654 e. The van der Waals surface area contributed by atoms with Gasteiger partial charge in [-0.15, -0.1) is 0 Å². The van der Waals surface area contributed by atoms with Crippen LogP contribution in [0.2, 0.25) is 0 Å². The maximum atomic E-state index is 2.35. The van der Waals surface area contributed by atoms with Gasteiger partial charge in [-0.25, -0.2) is 0 Å². The lowest BCUT2D eigenvalue weighted by atomic mass is 9.91. The van der Waals surface area contributed by atoms with Crippen LogP contribution < -0.4 is 0 Å². The van der Waals surface area contributed by atoms with Crippen molar-refractivity contribution in [2.24, 2.45) is 5.92 Å². The molecular weight excluding hydrogens is 252 g/mol. The van der Waals surface area contributed by atoms with E-state index in [0.717, 1.165) is 5.92 Å². The van der Waals surface area contributed by atoms with Crippen molar-refractivity contribution in [3.63, 3.8) is 0 Å². The summed E-state index contributed by atoms with van der Waals surface area (Å²) in [4.78, 5) is 0. The van der Waals surface area contributed by atoms with Gasteiger partial charge in [0.05, 0.1) is 0 Å². The number of rotatable bonds is 13. The van der Waals surface area contributed by atoms with E-state index >= 15 is 0 Å². The van der Waals surface area contributed by atoms with E-state index in [-0.39, 0.29) is 0 Å². The fraction of sp³-hybridized carbons (Fsp3) is 0.714. The lowest BCUT2D eigenvalue weighted by Gasteiger charge is -2.14. The highest BCUT2D eigenvalue weighted by Crippen LogP contribution is 2.20. The summed E-state index contributed by atoms with van der Waals surface area (Å²) in [5.41, 5.74) is 1.51. The Bertz CT molecular complexity index is 314. The summed E-state index contributed by atoms with van der Waals surface area (Å²) in [6, 6.07) is 11.0. The molecular formula is C21H36. The van der Waals surface area contributed by atoms with Crippen LogP contribution >= 0.6 is 0 Å². The SMILES string of the molecule is CCCCCCCCCCCC(CC)Cc1ccccc1. The maximum absolute atomic E-state index is 2.35. The lowest BCUT2D eigenvalue weighted by Crippen LogP contribution is -2.03. The number of unbranched alkanes of at least 4 members (excludes halogenated alkanes) is 8. The van der Waals surface area contributed by atoms with Gasteiger partial charge in [0.1, 0.15) is 0 Å². The summed E-state index contributed by atoms with van der Waals surface area (Å²) >= 11 is 0. The predicted octanol–water partition coefficient (Wildman–Crippen LogP) is 7.18. The quantitative estimate of drug-likeness (QED) is 0.337. The van der Waals surface area contributed by atoms with Crippen LogP contribution in [0.5, 0.6) is 0 Å². The average molecular weight is 289 g/mol. The van der Waals surface area contributed by atoms with Gasteiger partial charge in [-0.3, -0.25) is 0 Å². The highest BCUT2D eigenvalue weighted by molar-refractivity contribution is 5.15. The third kappa shape index (κ3) is 9.72. The van der Waals surface area contributed by atoms with E-state index in [1.165, 1.54) is 82.6 Å². The molecule has 21 heavy (non-hydrogen) atoms. The molecule has 0 aliphatic rings. The minimum atomic E-state index is 0.886. The van der Waals surface area contributed by atoms with Crippen LogP contribution in [0.1, 0.15) is 90.0 Å². The minimum absolute atomic E-state index is 0.886. The van der Waals surface area contributed by atoms with Crippen LogP contribution in [0.15, 0.2) is 30.3 Å². The molecule has 1 rings (SSSR count). The van der Waals surface area contributed by atoms with Gasteiger partial charge in [0, 0.05) is 0 Å². The molecule has 0 nitrogen and oxygen atoms in total. The molecule has 0 amide bonds. The topological polar surface area (TPSA) is 0 Å². The van der Waals surface area contributed by atoms with Gasteiger partial charge in [0.2, 0.25) is 0 Å². The third-order valence-electron chi connectivity index (χ3n) is 4.66. The van der Waals surface area contributed by atoms with Crippen molar-refractivity contribution in [3.05, 3.63) is 35.9 Å². The normalized spacial score (nSPS) is 12.5. The third-order valence-corrected chi connectivity index (χ3v) is 4.66. The summed E-state index contributed by atoms with van der Waals surface area (Å²) in [6.07, 6.45) is 17.0. The molecule has 0 aliphatic carbocycles. The first-order chi connectivity index (χ1) is 10.4. The molecule has 0 saturated heterocycles. The Labute approximate surface area is 133 Å². The lowest BCUT2D eigenvalue weighted by molar-refractivity contribution is 0.435. The highest BCUT2D eigenvalue weighted by atomic mass is 14.1. The summed E-state index contributed by atoms with van der Waals surface area (Å²) in [7, 11) is 0. The van der Waals surface area contributed by atoms with Crippen molar-refractivity contribution in [2.75, 3.05) is 0 Å². The summed E-state index contributed by atoms with van der Waals surface area (Å²) < 4.78 is 0. The fourth-order valence-corrected chi connectivity index (χ4v) is 3.14. The zero-order valence-corrected chi connectivity index (χ0v) is 14.4. The standard InChI is InChI=1S/C21H36/c1-3-5-6-7-8-9-10-11-13-16-20(4-2)19-21-17-14-12-15-18-21/h12,14-15,17-18,20H,3-11,13,16,19H2,1-2H3. The first-order valence-electron chi connectivity index (χ1n) is 9.40. The molecule has 0 spiro atoms. The Balaban J connectivity index is 2.00. The van der Waals surface area contributed by atoms with Crippen LogP contribution in [0.3, 0.4) is 0 Å². The largest absolute Gasteiger partial charge is 0.0654 e. The number of hydrogen-bond donors (Lipinski definition) is 0. The fourth-order valence-electron chi connectivity index (χ4n) is 3.14.